The molecule has 4 rings (SSSR count). The Bertz CT molecular complexity index is 920. The van der Waals surface area contributed by atoms with Crippen LogP contribution in [-0.4, -0.2) is 60.0 Å². The van der Waals surface area contributed by atoms with Crippen molar-refractivity contribution in [3.05, 3.63) is 78.0 Å². The van der Waals surface area contributed by atoms with Gasteiger partial charge in [-0.1, -0.05) is 54.6 Å². The first kappa shape index (κ1) is 18.6. The summed E-state index contributed by atoms with van der Waals surface area (Å²) in [5.74, 6) is -0.103. The Hall–Kier alpha value is -2.76. The number of fused-ring (bicyclic) bond motifs is 1. The number of pyridine rings is 1. The van der Waals surface area contributed by atoms with Crippen LogP contribution >= 0.6 is 0 Å². The van der Waals surface area contributed by atoms with Gasteiger partial charge in [0.05, 0.1) is 5.52 Å². The average Bonchev–Trinajstić information content (AvgIpc) is 2.75. The fraction of sp³-hybridized carbons (Fsp3) is 0.304. The van der Waals surface area contributed by atoms with Crippen molar-refractivity contribution < 1.29 is 4.79 Å². The SMILES string of the molecule is O=C(NCCN1CCN(Cc2ccccc2)CC1)c1ccc2ccccc2n1. The number of carbonyl (C=O) groups is 1. The maximum absolute atomic E-state index is 12.4. The molecule has 0 atom stereocenters. The highest BCUT2D eigenvalue weighted by molar-refractivity contribution is 5.94. The molecule has 1 aromatic heterocycles. The molecule has 1 fully saturated rings. The van der Waals surface area contributed by atoms with E-state index in [4.69, 9.17) is 0 Å². The number of hydrogen-bond acceptors (Lipinski definition) is 4. The largest absolute Gasteiger partial charge is 0.349 e. The second-order valence-electron chi connectivity index (χ2n) is 7.25. The summed E-state index contributed by atoms with van der Waals surface area (Å²) in [6.45, 7) is 6.74. The van der Waals surface area contributed by atoms with Crippen LogP contribution in [0, 0.1) is 0 Å². The van der Waals surface area contributed by atoms with Gasteiger partial charge in [0.15, 0.2) is 0 Å². The van der Waals surface area contributed by atoms with Gasteiger partial charge in [-0.25, -0.2) is 4.98 Å². The third kappa shape index (κ3) is 4.74. The molecule has 0 radical (unpaired) electrons. The van der Waals surface area contributed by atoms with Crippen LogP contribution in [0.1, 0.15) is 16.1 Å². The number of rotatable bonds is 6. The molecule has 144 valence electrons. The number of piperazine rings is 1. The zero-order valence-corrected chi connectivity index (χ0v) is 16.1. The molecule has 2 heterocycles. The first-order valence-electron chi connectivity index (χ1n) is 9.90. The molecular weight excluding hydrogens is 348 g/mol. The number of nitrogens with one attached hydrogen (secondary N) is 1. The molecule has 5 nitrogen and oxygen atoms in total. The summed E-state index contributed by atoms with van der Waals surface area (Å²) >= 11 is 0. The van der Waals surface area contributed by atoms with Crippen molar-refractivity contribution in [3.8, 4) is 0 Å². The van der Waals surface area contributed by atoms with Gasteiger partial charge in [0.25, 0.3) is 5.91 Å². The number of hydrogen-bond donors (Lipinski definition) is 1. The summed E-state index contributed by atoms with van der Waals surface area (Å²) in [6.07, 6.45) is 0. The lowest BCUT2D eigenvalue weighted by atomic mass is 10.2. The topological polar surface area (TPSA) is 48.5 Å². The molecule has 0 saturated carbocycles. The van der Waals surface area contributed by atoms with E-state index in [2.05, 4.69) is 50.4 Å². The molecule has 28 heavy (non-hydrogen) atoms. The second kappa shape index (κ2) is 8.95. The lowest BCUT2D eigenvalue weighted by Crippen LogP contribution is -2.48. The van der Waals surface area contributed by atoms with Crippen molar-refractivity contribution >= 4 is 16.8 Å². The quantitative estimate of drug-likeness (QED) is 0.721. The van der Waals surface area contributed by atoms with Gasteiger partial charge in [0.1, 0.15) is 5.69 Å². The molecule has 0 unspecified atom stereocenters. The summed E-state index contributed by atoms with van der Waals surface area (Å²) in [4.78, 5) is 21.7. The minimum Gasteiger partial charge on any atom is -0.349 e. The van der Waals surface area contributed by atoms with E-state index in [0.717, 1.165) is 50.2 Å². The van der Waals surface area contributed by atoms with Crippen molar-refractivity contribution in [1.82, 2.24) is 20.1 Å². The molecule has 3 aromatic rings. The molecule has 2 aromatic carbocycles. The van der Waals surface area contributed by atoms with E-state index in [1.165, 1.54) is 5.56 Å². The Kier molecular flexibility index (Phi) is 5.95. The van der Waals surface area contributed by atoms with Crippen molar-refractivity contribution in [2.45, 2.75) is 6.54 Å². The highest BCUT2D eigenvalue weighted by atomic mass is 16.1. The zero-order chi connectivity index (χ0) is 19.2. The molecular formula is C23H26N4O. The van der Waals surface area contributed by atoms with Crippen LogP contribution in [0.2, 0.25) is 0 Å². The number of amides is 1. The molecule has 1 aliphatic rings. The van der Waals surface area contributed by atoms with Crippen LogP contribution in [0.25, 0.3) is 10.9 Å². The number of aromatic nitrogens is 1. The summed E-state index contributed by atoms with van der Waals surface area (Å²) in [5, 5.41) is 4.05. The van der Waals surface area contributed by atoms with Crippen LogP contribution in [0.15, 0.2) is 66.7 Å². The summed E-state index contributed by atoms with van der Waals surface area (Å²) < 4.78 is 0. The smallest absolute Gasteiger partial charge is 0.269 e. The van der Waals surface area contributed by atoms with E-state index in [1.807, 2.05) is 30.3 Å². The van der Waals surface area contributed by atoms with Gasteiger partial charge in [-0.3, -0.25) is 14.6 Å². The van der Waals surface area contributed by atoms with E-state index < -0.39 is 0 Å². The van der Waals surface area contributed by atoms with Gasteiger partial charge in [0, 0.05) is 51.2 Å². The van der Waals surface area contributed by atoms with E-state index in [9.17, 15) is 4.79 Å². The third-order valence-electron chi connectivity index (χ3n) is 5.26. The number of carbonyl (C=O) groups excluding carboxylic acids is 1. The minimum absolute atomic E-state index is 0.103. The van der Waals surface area contributed by atoms with Gasteiger partial charge < -0.3 is 5.32 Å². The predicted octanol–water partition coefficient (Wildman–Crippen LogP) is 2.78. The maximum Gasteiger partial charge on any atom is 0.269 e. The Morgan fingerprint density at radius 2 is 1.57 bits per heavy atom. The standard InChI is InChI=1S/C23H26N4O/c28-23(22-11-10-20-8-4-5-9-21(20)25-22)24-12-13-26-14-16-27(17-15-26)18-19-6-2-1-3-7-19/h1-11H,12-18H2,(H,24,28). The van der Waals surface area contributed by atoms with Crippen LogP contribution in [0.4, 0.5) is 0 Å². The molecule has 0 aliphatic carbocycles. The molecule has 1 amide bonds. The van der Waals surface area contributed by atoms with Gasteiger partial charge in [0.2, 0.25) is 0 Å². The summed E-state index contributed by atoms with van der Waals surface area (Å²) in [6, 6.07) is 22.2. The molecule has 1 aliphatic heterocycles. The van der Waals surface area contributed by atoms with Crippen molar-refractivity contribution in [2.75, 3.05) is 39.3 Å². The highest BCUT2D eigenvalue weighted by Gasteiger charge is 2.17. The van der Waals surface area contributed by atoms with Crippen molar-refractivity contribution in [2.24, 2.45) is 0 Å². The molecule has 0 bridgehead atoms. The first-order chi connectivity index (χ1) is 13.8. The molecule has 0 spiro atoms. The van der Waals surface area contributed by atoms with Crippen molar-refractivity contribution in [1.29, 1.82) is 0 Å². The van der Waals surface area contributed by atoms with Crippen LogP contribution < -0.4 is 5.32 Å². The number of benzene rings is 2. The average molecular weight is 374 g/mol. The predicted molar refractivity (Wildman–Crippen MR) is 112 cm³/mol. The molecule has 5 heteroatoms. The van der Waals surface area contributed by atoms with Gasteiger partial charge in [-0.05, 0) is 17.7 Å². The second-order valence-corrected chi connectivity index (χ2v) is 7.25. The zero-order valence-electron chi connectivity index (χ0n) is 16.1. The Morgan fingerprint density at radius 3 is 2.39 bits per heavy atom. The van der Waals surface area contributed by atoms with E-state index in [-0.39, 0.29) is 5.91 Å². The maximum atomic E-state index is 12.4. The lowest BCUT2D eigenvalue weighted by molar-refractivity contribution is 0.0929. The van der Waals surface area contributed by atoms with Crippen molar-refractivity contribution in [3.63, 3.8) is 0 Å². The van der Waals surface area contributed by atoms with Crippen LogP contribution in [-0.2, 0) is 6.54 Å². The highest BCUT2D eigenvalue weighted by Crippen LogP contribution is 2.12. The fourth-order valence-electron chi connectivity index (χ4n) is 3.62. The number of para-hydroxylation sites is 1. The lowest BCUT2D eigenvalue weighted by Gasteiger charge is -2.34. The Balaban J connectivity index is 1.20. The monoisotopic (exact) mass is 374 g/mol. The third-order valence-corrected chi connectivity index (χ3v) is 5.26. The minimum atomic E-state index is -0.103. The van der Waals surface area contributed by atoms with Crippen LogP contribution in [0.5, 0.6) is 0 Å². The van der Waals surface area contributed by atoms with E-state index in [1.54, 1.807) is 6.07 Å². The fourth-order valence-corrected chi connectivity index (χ4v) is 3.62. The number of nitrogens with zero attached hydrogens (tertiary/aromatic N) is 3. The van der Waals surface area contributed by atoms with Gasteiger partial charge in [-0.2, -0.15) is 0 Å². The Morgan fingerprint density at radius 1 is 0.857 bits per heavy atom. The first-order valence-corrected chi connectivity index (χ1v) is 9.90. The molecule has 1 N–H and O–H groups in total. The van der Waals surface area contributed by atoms with E-state index >= 15 is 0 Å². The molecule has 1 saturated heterocycles. The van der Waals surface area contributed by atoms with E-state index in [0.29, 0.717) is 12.2 Å². The normalized spacial score (nSPS) is 15.6. The van der Waals surface area contributed by atoms with Crippen LogP contribution in [0.3, 0.4) is 0 Å². The Labute approximate surface area is 166 Å². The van der Waals surface area contributed by atoms with Gasteiger partial charge >= 0.3 is 0 Å². The summed E-state index contributed by atoms with van der Waals surface area (Å²) in [5.41, 5.74) is 2.70. The summed E-state index contributed by atoms with van der Waals surface area (Å²) in [7, 11) is 0. The van der Waals surface area contributed by atoms with Gasteiger partial charge in [-0.15, -0.1) is 0 Å².